The number of aromatic nitrogens is 3. The van der Waals surface area contributed by atoms with E-state index in [9.17, 15) is 4.79 Å². The maximum Gasteiger partial charge on any atom is 0.258 e. The molecule has 0 spiro atoms. The molecular weight excluding hydrogens is 392 g/mol. The molecule has 1 aliphatic rings. The smallest absolute Gasteiger partial charge is 0.258 e. The van der Waals surface area contributed by atoms with Gasteiger partial charge in [-0.15, -0.1) is 0 Å². The lowest BCUT2D eigenvalue weighted by atomic mass is 10.0. The average Bonchev–Trinajstić information content (AvgIpc) is 3.36. The molecule has 1 saturated heterocycles. The molecule has 4 rings (SSSR count). The van der Waals surface area contributed by atoms with Crippen molar-refractivity contribution in [1.82, 2.24) is 20.0 Å². The van der Waals surface area contributed by atoms with Gasteiger partial charge in [0.2, 0.25) is 0 Å². The molecule has 0 aliphatic carbocycles. The van der Waals surface area contributed by atoms with E-state index in [0.717, 1.165) is 29.8 Å². The molecule has 0 bridgehead atoms. The summed E-state index contributed by atoms with van der Waals surface area (Å²) in [4.78, 5) is 24.2. The van der Waals surface area contributed by atoms with Crippen molar-refractivity contribution in [3.8, 4) is 17.1 Å². The Morgan fingerprint density at radius 3 is 2.86 bits per heavy atom. The summed E-state index contributed by atoms with van der Waals surface area (Å²) in [5, 5.41) is 4.46. The molecule has 1 unspecified atom stereocenters. The summed E-state index contributed by atoms with van der Waals surface area (Å²) in [6.07, 6.45) is 3.40. The van der Waals surface area contributed by atoms with E-state index in [0.29, 0.717) is 34.5 Å². The largest absolute Gasteiger partial charge is 0.496 e. The van der Waals surface area contributed by atoms with Gasteiger partial charge in [-0.2, -0.15) is 0 Å². The van der Waals surface area contributed by atoms with Gasteiger partial charge in [0.25, 0.3) is 5.91 Å². The zero-order valence-electron chi connectivity index (χ0n) is 16.5. The quantitative estimate of drug-likeness (QED) is 0.632. The van der Waals surface area contributed by atoms with E-state index in [1.807, 2.05) is 24.8 Å². The first-order valence-electron chi connectivity index (χ1n) is 9.39. The second-order valence-electron chi connectivity index (χ2n) is 7.05. The summed E-state index contributed by atoms with van der Waals surface area (Å²) in [7, 11) is 1.54. The van der Waals surface area contributed by atoms with E-state index in [2.05, 4.69) is 15.1 Å². The van der Waals surface area contributed by atoms with Gasteiger partial charge < -0.3 is 14.2 Å². The zero-order chi connectivity index (χ0) is 20.5. The molecule has 0 N–H and O–H groups in total. The monoisotopic (exact) mass is 412 g/mol. The summed E-state index contributed by atoms with van der Waals surface area (Å²) < 4.78 is 10.8. The first kappa shape index (κ1) is 19.4. The summed E-state index contributed by atoms with van der Waals surface area (Å²) in [5.74, 6) is 1.59. The number of methoxy groups -OCH3 is 1. The summed E-state index contributed by atoms with van der Waals surface area (Å²) in [6.45, 7) is 4.32. The van der Waals surface area contributed by atoms with Gasteiger partial charge in [-0.1, -0.05) is 16.8 Å². The van der Waals surface area contributed by atoms with Crippen molar-refractivity contribution in [3.63, 3.8) is 0 Å². The van der Waals surface area contributed by atoms with Crippen molar-refractivity contribution in [2.75, 3.05) is 13.7 Å². The number of carbonyl (C=O) groups excluding carboxylic acids is 1. The molecule has 1 aromatic carbocycles. The van der Waals surface area contributed by atoms with Crippen LogP contribution >= 0.6 is 11.6 Å². The van der Waals surface area contributed by atoms with Crippen LogP contribution in [0.15, 0.2) is 35.0 Å². The number of rotatable bonds is 4. The topological polar surface area (TPSA) is 81.4 Å². The molecule has 2 aromatic heterocycles. The fourth-order valence-corrected chi connectivity index (χ4v) is 3.89. The number of hydrogen-bond acceptors (Lipinski definition) is 6. The molecule has 8 heteroatoms. The normalized spacial score (nSPS) is 16.3. The van der Waals surface area contributed by atoms with Gasteiger partial charge >= 0.3 is 0 Å². The van der Waals surface area contributed by atoms with Gasteiger partial charge in [0.05, 0.1) is 35.7 Å². The first-order valence-corrected chi connectivity index (χ1v) is 9.77. The van der Waals surface area contributed by atoms with Crippen LogP contribution in [0.25, 0.3) is 11.3 Å². The highest BCUT2D eigenvalue weighted by Crippen LogP contribution is 2.38. The molecule has 7 nitrogen and oxygen atoms in total. The highest BCUT2D eigenvalue weighted by atomic mass is 35.5. The van der Waals surface area contributed by atoms with E-state index >= 15 is 0 Å². The maximum atomic E-state index is 13.4. The standard InChI is InChI=1S/C21H21ClN4O3/c1-12-9-19(29-25-12)16-11-23-13(2)24-20(16)17-5-4-8-26(17)21(27)15-10-14(22)6-7-18(15)28-3/h6-7,9-11,17H,4-5,8H2,1-3H3. The third-order valence-corrected chi connectivity index (χ3v) is 5.29. The Morgan fingerprint density at radius 1 is 1.31 bits per heavy atom. The van der Waals surface area contributed by atoms with Gasteiger partial charge in [0.15, 0.2) is 5.76 Å². The minimum absolute atomic E-state index is 0.136. The van der Waals surface area contributed by atoms with E-state index in [4.69, 9.17) is 20.9 Å². The highest BCUT2D eigenvalue weighted by molar-refractivity contribution is 6.31. The van der Waals surface area contributed by atoms with Crippen molar-refractivity contribution < 1.29 is 14.1 Å². The van der Waals surface area contributed by atoms with Crippen molar-refractivity contribution in [2.24, 2.45) is 0 Å². The number of hydrogen-bond donors (Lipinski definition) is 0. The van der Waals surface area contributed by atoms with E-state index in [-0.39, 0.29) is 11.9 Å². The molecule has 1 atom stereocenters. The number of halogens is 1. The van der Waals surface area contributed by atoms with Gasteiger partial charge in [0, 0.05) is 23.8 Å². The molecule has 1 fully saturated rings. The Hall–Kier alpha value is -2.93. The predicted octanol–water partition coefficient (Wildman–Crippen LogP) is 4.39. The number of ether oxygens (including phenoxy) is 1. The number of aryl methyl sites for hydroxylation is 2. The van der Waals surface area contributed by atoms with Crippen LogP contribution in [0.4, 0.5) is 0 Å². The predicted molar refractivity (Wildman–Crippen MR) is 108 cm³/mol. The van der Waals surface area contributed by atoms with Gasteiger partial charge in [0.1, 0.15) is 11.6 Å². The van der Waals surface area contributed by atoms with Crippen LogP contribution in [-0.2, 0) is 0 Å². The van der Waals surface area contributed by atoms with Crippen molar-refractivity contribution in [1.29, 1.82) is 0 Å². The minimum atomic E-state index is -0.201. The Balaban J connectivity index is 1.76. The van der Waals surface area contributed by atoms with Crippen LogP contribution < -0.4 is 4.74 Å². The van der Waals surface area contributed by atoms with Gasteiger partial charge in [-0.05, 0) is 44.9 Å². The fourth-order valence-electron chi connectivity index (χ4n) is 3.72. The number of benzene rings is 1. The SMILES string of the molecule is COc1ccc(Cl)cc1C(=O)N1CCCC1c1nc(C)ncc1-c1cc(C)no1. The number of carbonyl (C=O) groups is 1. The summed E-state index contributed by atoms with van der Waals surface area (Å²) in [6, 6.07) is 6.70. The Morgan fingerprint density at radius 2 is 2.14 bits per heavy atom. The Labute approximate surface area is 173 Å². The lowest BCUT2D eigenvalue weighted by Gasteiger charge is -2.26. The third kappa shape index (κ3) is 3.70. The Kier molecular flexibility index (Phi) is 5.24. The number of nitrogens with zero attached hydrogens (tertiary/aromatic N) is 4. The fraction of sp³-hybridized carbons (Fsp3) is 0.333. The molecule has 1 aliphatic heterocycles. The first-order chi connectivity index (χ1) is 14.0. The van der Waals surface area contributed by atoms with Crippen LogP contribution in [0.5, 0.6) is 5.75 Å². The van der Waals surface area contributed by atoms with Crippen molar-refractivity contribution in [2.45, 2.75) is 32.7 Å². The molecule has 150 valence electrons. The molecule has 3 aromatic rings. The maximum absolute atomic E-state index is 13.4. The lowest BCUT2D eigenvalue weighted by molar-refractivity contribution is 0.0729. The molecule has 3 heterocycles. The molecular formula is C21H21ClN4O3. The molecule has 1 amide bonds. The van der Waals surface area contributed by atoms with E-state index in [1.165, 1.54) is 0 Å². The Bertz CT molecular complexity index is 1070. The van der Waals surface area contributed by atoms with Gasteiger partial charge in [-0.3, -0.25) is 4.79 Å². The minimum Gasteiger partial charge on any atom is -0.496 e. The van der Waals surface area contributed by atoms with Crippen molar-refractivity contribution >= 4 is 17.5 Å². The lowest BCUT2D eigenvalue weighted by Crippen LogP contribution is -2.31. The van der Waals surface area contributed by atoms with Gasteiger partial charge in [-0.25, -0.2) is 9.97 Å². The zero-order valence-corrected chi connectivity index (χ0v) is 17.2. The highest BCUT2D eigenvalue weighted by Gasteiger charge is 2.35. The second-order valence-corrected chi connectivity index (χ2v) is 7.49. The number of likely N-dealkylation sites (tertiary alicyclic amines) is 1. The van der Waals surface area contributed by atoms with Crippen LogP contribution in [-0.4, -0.2) is 39.6 Å². The molecule has 0 radical (unpaired) electrons. The van der Waals surface area contributed by atoms with E-state index < -0.39 is 0 Å². The average molecular weight is 413 g/mol. The molecule has 29 heavy (non-hydrogen) atoms. The number of amides is 1. The van der Waals surface area contributed by atoms with Crippen LogP contribution in [0.3, 0.4) is 0 Å². The summed E-state index contributed by atoms with van der Waals surface area (Å²) in [5.41, 5.74) is 2.73. The van der Waals surface area contributed by atoms with Crippen LogP contribution in [0, 0.1) is 13.8 Å². The van der Waals surface area contributed by atoms with E-state index in [1.54, 1.807) is 31.5 Å². The molecule has 0 saturated carbocycles. The van der Waals surface area contributed by atoms with Crippen LogP contribution in [0.2, 0.25) is 5.02 Å². The summed E-state index contributed by atoms with van der Waals surface area (Å²) >= 11 is 6.14. The van der Waals surface area contributed by atoms with Crippen LogP contribution in [0.1, 0.15) is 46.5 Å². The third-order valence-electron chi connectivity index (χ3n) is 5.05. The second kappa shape index (κ2) is 7.83. The van der Waals surface area contributed by atoms with Crippen molar-refractivity contribution in [3.05, 3.63) is 58.3 Å².